The van der Waals surface area contributed by atoms with Crippen LogP contribution in [0.25, 0.3) is 0 Å². The van der Waals surface area contributed by atoms with Crippen LogP contribution >= 0.6 is 0 Å². The Morgan fingerprint density at radius 2 is 1.56 bits per heavy atom. The van der Waals surface area contributed by atoms with E-state index in [4.69, 9.17) is 10.5 Å². The first-order valence-corrected chi connectivity index (χ1v) is 9.15. The fourth-order valence-electron chi connectivity index (χ4n) is 2.53. The molecule has 3 atom stereocenters. The first kappa shape index (κ1) is 22.6. The number of carbonyl (C=O) groups excluding carboxylic acids is 3. The van der Waals surface area contributed by atoms with Gasteiger partial charge in [-0.15, -0.1) is 0 Å². The topological polar surface area (TPSA) is 111 Å². The zero-order valence-electron chi connectivity index (χ0n) is 16.7. The molecule has 7 heteroatoms. The van der Waals surface area contributed by atoms with Gasteiger partial charge in [-0.05, 0) is 17.4 Å². The molecule has 0 radical (unpaired) electrons. The van der Waals surface area contributed by atoms with Crippen molar-refractivity contribution in [2.45, 2.75) is 52.2 Å². The Morgan fingerprint density at radius 1 is 0.963 bits per heavy atom. The Bertz CT molecular complexity index is 631. The minimum Gasteiger partial charge on any atom is -0.467 e. The van der Waals surface area contributed by atoms with Crippen LogP contribution in [0.5, 0.6) is 0 Å². The Hall–Kier alpha value is -2.41. The zero-order chi connectivity index (χ0) is 20.6. The zero-order valence-corrected chi connectivity index (χ0v) is 16.7. The van der Waals surface area contributed by atoms with E-state index in [9.17, 15) is 14.4 Å². The summed E-state index contributed by atoms with van der Waals surface area (Å²) >= 11 is 0. The molecule has 0 aliphatic rings. The van der Waals surface area contributed by atoms with Gasteiger partial charge in [0.25, 0.3) is 0 Å². The first-order valence-electron chi connectivity index (χ1n) is 9.15. The molecule has 0 fully saturated rings. The lowest BCUT2D eigenvalue weighted by atomic mass is 9.99. The predicted molar refractivity (Wildman–Crippen MR) is 104 cm³/mol. The van der Waals surface area contributed by atoms with Crippen LogP contribution in [0.3, 0.4) is 0 Å². The number of benzene rings is 1. The van der Waals surface area contributed by atoms with E-state index in [0.29, 0.717) is 6.42 Å². The highest BCUT2D eigenvalue weighted by molar-refractivity contribution is 5.92. The maximum atomic E-state index is 12.8. The van der Waals surface area contributed by atoms with Crippen LogP contribution in [0, 0.1) is 11.8 Å². The number of hydrogen-bond donors (Lipinski definition) is 3. The van der Waals surface area contributed by atoms with Gasteiger partial charge in [-0.25, -0.2) is 4.79 Å². The molecule has 2 amide bonds. The van der Waals surface area contributed by atoms with Gasteiger partial charge in [0.1, 0.15) is 12.1 Å². The number of nitrogens with two attached hydrogens (primary N) is 1. The molecule has 0 unspecified atom stereocenters. The van der Waals surface area contributed by atoms with Crippen molar-refractivity contribution in [3.63, 3.8) is 0 Å². The second kappa shape index (κ2) is 10.7. The summed E-state index contributed by atoms with van der Waals surface area (Å²) < 4.78 is 4.82. The molecule has 0 heterocycles. The molecule has 1 aromatic carbocycles. The van der Waals surface area contributed by atoms with Crippen molar-refractivity contribution in [2.75, 3.05) is 7.11 Å². The normalized spacial score (nSPS) is 14.4. The third kappa shape index (κ3) is 7.02. The number of ether oxygens (including phenoxy) is 1. The fraction of sp³-hybridized carbons (Fsp3) is 0.550. The van der Waals surface area contributed by atoms with Crippen LogP contribution in [-0.2, 0) is 25.5 Å². The Kier molecular flexibility index (Phi) is 8.94. The molecule has 0 saturated carbocycles. The predicted octanol–water partition coefficient (Wildman–Crippen LogP) is 1.01. The van der Waals surface area contributed by atoms with Gasteiger partial charge in [0, 0.05) is 6.42 Å². The summed E-state index contributed by atoms with van der Waals surface area (Å²) in [6.07, 6.45) is 0.295. The molecule has 0 aliphatic heterocycles. The van der Waals surface area contributed by atoms with E-state index in [1.165, 1.54) is 7.11 Å². The van der Waals surface area contributed by atoms with E-state index in [1.54, 1.807) is 0 Å². The average molecular weight is 377 g/mol. The summed E-state index contributed by atoms with van der Waals surface area (Å²) in [4.78, 5) is 37.1. The van der Waals surface area contributed by atoms with E-state index in [-0.39, 0.29) is 11.8 Å². The number of methoxy groups -OCH3 is 1. The van der Waals surface area contributed by atoms with Gasteiger partial charge in [-0.3, -0.25) is 9.59 Å². The second-order valence-electron chi connectivity index (χ2n) is 7.27. The smallest absolute Gasteiger partial charge is 0.328 e. The molecule has 4 N–H and O–H groups in total. The molecule has 1 aromatic rings. The van der Waals surface area contributed by atoms with Crippen molar-refractivity contribution in [3.8, 4) is 0 Å². The molecule has 0 spiro atoms. The Balaban J connectivity index is 2.89. The number of rotatable bonds is 9. The minimum atomic E-state index is -0.846. The standard InChI is InChI=1S/C20H31N3O4/c1-12(2)16(21)18(24)23-17(13(3)4)19(25)22-15(20(26)27-5)11-14-9-7-6-8-10-14/h6-10,12-13,15-17H,11,21H2,1-5H3,(H,22,25)(H,23,24)/t15-,16+,17-/m0/s1. The van der Waals surface area contributed by atoms with Crippen LogP contribution in [0.15, 0.2) is 30.3 Å². The van der Waals surface area contributed by atoms with E-state index < -0.39 is 35.9 Å². The molecule has 1 rings (SSSR count). The van der Waals surface area contributed by atoms with Crippen LogP contribution in [0.2, 0.25) is 0 Å². The molecule has 150 valence electrons. The van der Waals surface area contributed by atoms with E-state index in [1.807, 2.05) is 58.0 Å². The molecule has 0 bridgehead atoms. The van der Waals surface area contributed by atoms with Crippen molar-refractivity contribution >= 4 is 17.8 Å². The van der Waals surface area contributed by atoms with Gasteiger partial charge < -0.3 is 21.1 Å². The molecule has 0 aromatic heterocycles. The number of nitrogens with one attached hydrogen (secondary N) is 2. The third-order valence-corrected chi connectivity index (χ3v) is 4.35. The minimum absolute atomic E-state index is 0.0539. The van der Waals surface area contributed by atoms with Crippen LogP contribution in [0.1, 0.15) is 33.3 Å². The van der Waals surface area contributed by atoms with Gasteiger partial charge in [-0.2, -0.15) is 0 Å². The summed E-state index contributed by atoms with van der Waals surface area (Å²) in [6.45, 7) is 7.30. The van der Waals surface area contributed by atoms with Crippen LogP contribution in [-0.4, -0.2) is 43.0 Å². The van der Waals surface area contributed by atoms with Gasteiger partial charge in [0.2, 0.25) is 11.8 Å². The number of amides is 2. The number of esters is 1. The molecular formula is C20H31N3O4. The monoisotopic (exact) mass is 377 g/mol. The quantitative estimate of drug-likeness (QED) is 0.556. The summed E-state index contributed by atoms with van der Waals surface area (Å²) in [7, 11) is 1.27. The van der Waals surface area contributed by atoms with Crippen molar-refractivity contribution in [1.82, 2.24) is 10.6 Å². The second-order valence-corrected chi connectivity index (χ2v) is 7.27. The lowest BCUT2D eigenvalue weighted by Gasteiger charge is -2.26. The summed E-state index contributed by atoms with van der Waals surface area (Å²) in [5.74, 6) is -1.61. The average Bonchev–Trinajstić information content (AvgIpc) is 2.64. The van der Waals surface area contributed by atoms with E-state index in [2.05, 4.69) is 10.6 Å². The molecule has 7 nitrogen and oxygen atoms in total. The van der Waals surface area contributed by atoms with Gasteiger partial charge in [0.15, 0.2) is 0 Å². The lowest BCUT2D eigenvalue weighted by Crippen LogP contribution is -2.57. The Morgan fingerprint density at radius 3 is 2.04 bits per heavy atom. The fourth-order valence-corrected chi connectivity index (χ4v) is 2.53. The van der Waals surface area contributed by atoms with Crippen molar-refractivity contribution in [1.29, 1.82) is 0 Å². The molecule has 27 heavy (non-hydrogen) atoms. The maximum Gasteiger partial charge on any atom is 0.328 e. The van der Waals surface area contributed by atoms with Crippen molar-refractivity contribution in [2.24, 2.45) is 17.6 Å². The largest absolute Gasteiger partial charge is 0.467 e. The molecule has 0 saturated heterocycles. The van der Waals surface area contributed by atoms with E-state index in [0.717, 1.165) is 5.56 Å². The summed E-state index contributed by atoms with van der Waals surface area (Å²) in [6, 6.07) is 6.96. The van der Waals surface area contributed by atoms with Crippen molar-refractivity contribution < 1.29 is 19.1 Å². The molecular weight excluding hydrogens is 346 g/mol. The van der Waals surface area contributed by atoms with E-state index >= 15 is 0 Å². The number of carbonyl (C=O) groups is 3. The highest BCUT2D eigenvalue weighted by Gasteiger charge is 2.31. The highest BCUT2D eigenvalue weighted by Crippen LogP contribution is 2.08. The number of hydrogen-bond acceptors (Lipinski definition) is 5. The van der Waals surface area contributed by atoms with Gasteiger partial charge in [-0.1, -0.05) is 58.0 Å². The van der Waals surface area contributed by atoms with Gasteiger partial charge >= 0.3 is 5.97 Å². The summed E-state index contributed by atoms with van der Waals surface area (Å²) in [5.41, 5.74) is 6.75. The molecule has 0 aliphatic carbocycles. The lowest BCUT2D eigenvalue weighted by molar-refractivity contribution is -0.145. The maximum absolute atomic E-state index is 12.8. The highest BCUT2D eigenvalue weighted by atomic mass is 16.5. The Labute approximate surface area is 161 Å². The summed E-state index contributed by atoms with van der Waals surface area (Å²) in [5, 5.41) is 5.40. The van der Waals surface area contributed by atoms with Crippen LogP contribution in [0.4, 0.5) is 0 Å². The van der Waals surface area contributed by atoms with Crippen molar-refractivity contribution in [3.05, 3.63) is 35.9 Å². The SMILES string of the molecule is COC(=O)[C@H](Cc1ccccc1)NC(=O)[C@@H](NC(=O)[C@H](N)C(C)C)C(C)C. The van der Waals surface area contributed by atoms with Gasteiger partial charge in [0.05, 0.1) is 13.2 Å². The van der Waals surface area contributed by atoms with Crippen LogP contribution < -0.4 is 16.4 Å². The first-order chi connectivity index (χ1) is 12.7. The third-order valence-electron chi connectivity index (χ3n) is 4.35.